The highest BCUT2D eigenvalue weighted by Crippen LogP contribution is 2.03. The van der Waals surface area contributed by atoms with Crippen LogP contribution in [0.1, 0.15) is 19.8 Å². The highest BCUT2D eigenvalue weighted by Gasteiger charge is 2.07. The second kappa shape index (κ2) is 7.98. The molecular formula is C10H18O3. The average Bonchev–Trinajstić information content (AvgIpc) is 2.05. The van der Waals surface area contributed by atoms with E-state index in [0.717, 1.165) is 0 Å². The first-order valence-corrected chi connectivity index (χ1v) is 4.47. The van der Waals surface area contributed by atoms with Crippen LogP contribution in [0.2, 0.25) is 0 Å². The van der Waals surface area contributed by atoms with Gasteiger partial charge in [-0.15, -0.1) is 0 Å². The Hall–Kier alpha value is -0.640. The fourth-order valence-electron chi connectivity index (χ4n) is 0.928. The number of hydrogen-bond acceptors (Lipinski definition) is 3. The molecule has 3 nitrogen and oxygen atoms in total. The van der Waals surface area contributed by atoms with Crippen molar-refractivity contribution in [3.05, 3.63) is 24.3 Å². The summed E-state index contributed by atoms with van der Waals surface area (Å²) in [6.07, 6.45) is 6.32. The zero-order valence-corrected chi connectivity index (χ0v) is 7.93. The fraction of sp³-hybridized carbons (Fsp3) is 0.600. The summed E-state index contributed by atoms with van der Waals surface area (Å²) >= 11 is 0. The topological polar surface area (TPSA) is 60.7 Å². The number of aliphatic hydroxyl groups is 3. The molecule has 0 amide bonds. The Bertz CT molecular complexity index is 164. The van der Waals surface area contributed by atoms with Gasteiger partial charge in [-0.25, -0.2) is 0 Å². The first-order chi connectivity index (χ1) is 6.20. The first kappa shape index (κ1) is 12.4. The first-order valence-electron chi connectivity index (χ1n) is 4.47. The quantitative estimate of drug-likeness (QED) is 0.533. The Morgan fingerprint density at radius 2 is 1.92 bits per heavy atom. The molecule has 3 N–H and O–H groups in total. The Morgan fingerprint density at radius 3 is 2.46 bits per heavy atom. The molecule has 0 bridgehead atoms. The van der Waals surface area contributed by atoms with E-state index in [1.807, 2.05) is 19.1 Å². The highest BCUT2D eigenvalue weighted by atomic mass is 16.3. The normalized spacial score (nSPS) is 16.9. The predicted octanol–water partition coefficient (Wildman–Crippen LogP) is 0.613. The molecule has 0 aliphatic rings. The third-order valence-corrected chi connectivity index (χ3v) is 1.61. The van der Waals surface area contributed by atoms with Gasteiger partial charge in [0.05, 0.1) is 12.2 Å². The van der Waals surface area contributed by atoms with E-state index in [2.05, 4.69) is 0 Å². The molecule has 0 aromatic rings. The lowest BCUT2D eigenvalue weighted by Gasteiger charge is -2.10. The van der Waals surface area contributed by atoms with E-state index in [0.29, 0.717) is 6.42 Å². The number of hydrogen-bond donors (Lipinski definition) is 3. The van der Waals surface area contributed by atoms with Gasteiger partial charge in [0.25, 0.3) is 0 Å². The van der Waals surface area contributed by atoms with E-state index in [1.165, 1.54) is 0 Å². The summed E-state index contributed by atoms with van der Waals surface area (Å²) in [6, 6.07) is 0. The summed E-state index contributed by atoms with van der Waals surface area (Å²) in [4.78, 5) is 0. The van der Waals surface area contributed by atoms with Gasteiger partial charge in [-0.1, -0.05) is 24.3 Å². The summed E-state index contributed by atoms with van der Waals surface area (Å²) in [5, 5.41) is 27.0. The van der Waals surface area contributed by atoms with Crippen molar-refractivity contribution in [1.82, 2.24) is 0 Å². The molecule has 0 rings (SSSR count). The molecule has 0 spiro atoms. The van der Waals surface area contributed by atoms with Crippen LogP contribution in [0.25, 0.3) is 0 Å². The van der Waals surface area contributed by atoms with Gasteiger partial charge in [0.1, 0.15) is 0 Å². The van der Waals surface area contributed by atoms with E-state index < -0.39 is 12.2 Å². The lowest BCUT2D eigenvalue weighted by molar-refractivity contribution is 0.0825. The molecule has 13 heavy (non-hydrogen) atoms. The van der Waals surface area contributed by atoms with Gasteiger partial charge in [0, 0.05) is 13.0 Å². The summed E-state index contributed by atoms with van der Waals surface area (Å²) < 4.78 is 0. The van der Waals surface area contributed by atoms with E-state index >= 15 is 0 Å². The number of aliphatic hydroxyl groups excluding tert-OH is 3. The van der Waals surface area contributed by atoms with Crippen LogP contribution in [-0.2, 0) is 0 Å². The third-order valence-electron chi connectivity index (χ3n) is 1.61. The van der Waals surface area contributed by atoms with Crippen molar-refractivity contribution in [3.8, 4) is 0 Å². The molecule has 0 aromatic carbocycles. The van der Waals surface area contributed by atoms with Crippen molar-refractivity contribution in [3.63, 3.8) is 0 Å². The average molecular weight is 186 g/mol. The Balaban J connectivity index is 3.66. The minimum atomic E-state index is -0.641. The Morgan fingerprint density at radius 1 is 1.23 bits per heavy atom. The minimum absolute atomic E-state index is 0.0491. The monoisotopic (exact) mass is 186 g/mol. The third kappa shape index (κ3) is 7.71. The van der Waals surface area contributed by atoms with Gasteiger partial charge >= 0.3 is 0 Å². The zero-order valence-electron chi connectivity index (χ0n) is 7.93. The predicted molar refractivity (Wildman–Crippen MR) is 52.3 cm³/mol. The molecule has 2 atom stereocenters. The second-order valence-electron chi connectivity index (χ2n) is 2.88. The molecule has 0 aromatic heterocycles. The molecule has 0 saturated heterocycles. The molecule has 0 aliphatic carbocycles. The van der Waals surface area contributed by atoms with Crippen LogP contribution in [0, 0.1) is 0 Å². The van der Waals surface area contributed by atoms with Crippen LogP contribution in [-0.4, -0.2) is 34.1 Å². The summed E-state index contributed by atoms with van der Waals surface area (Å²) in [5.74, 6) is 0. The number of rotatable bonds is 6. The van der Waals surface area contributed by atoms with E-state index in [9.17, 15) is 10.2 Å². The van der Waals surface area contributed by atoms with Crippen molar-refractivity contribution in [2.45, 2.75) is 32.0 Å². The standard InChI is InChI=1S/C10H18O3/c1-2-3-4-5-9(12)8-10(13)6-7-11/h2-5,9-13H,6-8H2,1H3/t9-,10+/m1/s1. The maximum Gasteiger partial charge on any atom is 0.0748 e. The fourth-order valence-corrected chi connectivity index (χ4v) is 0.928. The molecule has 0 saturated carbocycles. The van der Waals surface area contributed by atoms with Crippen LogP contribution < -0.4 is 0 Å². The Kier molecular flexibility index (Phi) is 7.59. The summed E-state index contributed by atoms with van der Waals surface area (Å²) in [6.45, 7) is 1.84. The van der Waals surface area contributed by atoms with Crippen molar-refractivity contribution in [2.24, 2.45) is 0 Å². The minimum Gasteiger partial charge on any atom is -0.396 e. The van der Waals surface area contributed by atoms with Crippen molar-refractivity contribution < 1.29 is 15.3 Å². The molecule has 0 unspecified atom stereocenters. The van der Waals surface area contributed by atoms with E-state index in [1.54, 1.807) is 12.2 Å². The van der Waals surface area contributed by atoms with Crippen LogP contribution in [0.4, 0.5) is 0 Å². The molecule has 0 aliphatic heterocycles. The SMILES string of the molecule is CC=CC=C[C@@H](O)C[C@@H](O)CCO. The van der Waals surface area contributed by atoms with Gasteiger partial charge in [0.2, 0.25) is 0 Å². The zero-order chi connectivity index (χ0) is 10.1. The molecule has 0 heterocycles. The van der Waals surface area contributed by atoms with Crippen LogP contribution >= 0.6 is 0 Å². The van der Waals surface area contributed by atoms with Gasteiger partial charge in [-0.05, 0) is 13.3 Å². The maximum atomic E-state index is 9.31. The summed E-state index contributed by atoms with van der Waals surface area (Å²) in [7, 11) is 0. The van der Waals surface area contributed by atoms with Crippen molar-refractivity contribution in [2.75, 3.05) is 6.61 Å². The van der Waals surface area contributed by atoms with Crippen molar-refractivity contribution >= 4 is 0 Å². The van der Waals surface area contributed by atoms with E-state index in [4.69, 9.17) is 5.11 Å². The summed E-state index contributed by atoms with van der Waals surface area (Å²) in [5.41, 5.74) is 0. The van der Waals surface area contributed by atoms with Gasteiger partial charge in [-0.3, -0.25) is 0 Å². The van der Waals surface area contributed by atoms with Crippen molar-refractivity contribution in [1.29, 1.82) is 0 Å². The lowest BCUT2D eigenvalue weighted by Crippen LogP contribution is -2.16. The van der Waals surface area contributed by atoms with E-state index in [-0.39, 0.29) is 13.0 Å². The number of allylic oxidation sites excluding steroid dienone is 3. The van der Waals surface area contributed by atoms with Gasteiger partial charge in [-0.2, -0.15) is 0 Å². The van der Waals surface area contributed by atoms with Gasteiger partial charge < -0.3 is 15.3 Å². The molecule has 0 fully saturated rings. The molecule has 3 heteroatoms. The maximum absolute atomic E-state index is 9.31. The van der Waals surface area contributed by atoms with Crippen LogP contribution in [0.3, 0.4) is 0 Å². The highest BCUT2D eigenvalue weighted by molar-refractivity contribution is 5.03. The molecular weight excluding hydrogens is 168 g/mol. The second-order valence-corrected chi connectivity index (χ2v) is 2.88. The van der Waals surface area contributed by atoms with Crippen LogP contribution in [0.5, 0.6) is 0 Å². The smallest absolute Gasteiger partial charge is 0.0748 e. The van der Waals surface area contributed by atoms with Crippen LogP contribution in [0.15, 0.2) is 24.3 Å². The molecule has 0 radical (unpaired) electrons. The van der Waals surface area contributed by atoms with Gasteiger partial charge in [0.15, 0.2) is 0 Å². The largest absolute Gasteiger partial charge is 0.396 e. The molecule has 76 valence electrons. The lowest BCUT2D eigenvalue weighted by atomic mass is 10.1. The Labute approximate surface area is 79.0 Å².